The first-order valence-electron chi connectivity index (χ1n) is 12.1. The molecule has 0 atom stereocenters. The number of nitrogens with one attached hydrogen (secondary N) is 3. The van der Waals surface area contributed by atoms with Crippen LogP contribution in [0, 0.1) is 0 Å². The molecule has 0 saturated carbocycles. The van der Waals surface area contributed by atoms with Crippen molar-refractivity contribution in [1.29, 1.82) is 0 Å². The van der Waals surface area contributed by atoms with E-state index in [1.54, 1.807) is 6.26 Å². The number of rotatable bonds is 8. The highest BCUT2D eigenvalue weighted by Gasteiger charge is 2.21. The van der Waals surface area contributed by atoms with Crippen LogP contribution in [0.5, 0.6) is 0 Å². The Morgan fingerprint density at radius 3 is 2.41 bits per heavy atom. The van der Waals surface area contributed by atoms with Gasteiger partial charge in [-0.2, -0.15) is 20.1 Å². The van der Waals surface area contributed by atoms with Crippen molar-refractivity contribution in [2.45, 2.75) is 6.54 Å². The lowest BCUT2D eigenvalue weighted by atomic mass is 10.2. The van der Waals surface area contributed by atoms with Crippen molar-refractivity contribution in [1.82, 2.24) is 30.1 Å². The van der Waals surface area contributed by atoms with Crippen molar-refractivity contribution in [3.63, 3.8) is 0 Å². The number of H-pyrrole nitrogens is 1. The van der Waals surface area contributed by atoms with Crippen LogP contribution in [0.25, 0.3) is 11.5 Å². The molecular weight excluding hydrogens is 468 g/mol. The summed E-state index contributed by atoms with van der Waals surface area (Å²) >= 11 is 0. The summed E-state index contributed by atoms with van der Waals surface area (Å²) in [5.74, 6) is 2.81. The van der Waals surface area contributed by atoms with Crippen molar-refractivity contribution >= 4 is 29.4 Å². The fourth-order valence-electron chi connectivity index (χ4n) is 4.20. The lowest BCUT2D eigenvalue weighted by Crippen LogP contribution is -2.47. The Morgan fingerprint density at radius 2 is 1.62 bits per heavy atom. The summed E-state index contributed by atoms with van der Waals surface area (Å²) in [6.45, 7) is 3.89. The molecule has 5 aromatic rings. The number of nitrogens with zero attached hydrogens (tertiary/aromatic N) is 7. The second-order valence-corrected chi connectivity index (χ2v) is 8.57. The number of hydrogen-bond acceptors (Lipinski definition) is 10. The Balaban J connectivity index is 1.22. The summed E-state index contributed by atoms with van der Waals surface area (Å²) in [7, 11) is 0. The normalized spacial score (nSPS) is 13.5. The van der Waals surface area contributed by atoms with Gasteiger partial charge in [-0.15, -0.1) is 0 Å². The van der Waals surface area contributed by atoms with Gasteiger partial charge in [0.15, 0.2) is 11.6 Å². The minimum absolute atomic E-state index is 0.412. The quantitative estimate of drug-likeness (QED) is 0.292. The van der Waals surface area contributed by atoms with Crippen LogP contribution in [0.2, 0.25) is 0 Å². The summed E-state index contributed by atoms with van der Waals surface area (Å²) in [6.07, 6.45) is 5.27. The fraction of sp³-hybridized carbons (Fsp3) is 0.192. The molecule has 11 nitrogen and oxygen atoms in total. The van der Waals surface area contributed by atoms with Crippen LogP contribution in [-0.4, -0.2) is 56.3 Å². The molecule has 0 unspecified atom stereocenters. The number of aromatic amines is 1. The van der Waals surface area contributed by atoms with Crippen LogP contribution in [0.1, 0.15) is 5.56 Å². The minimum Gasteiger partial charge on any atom is -0.463 e. The van der Waals surface area contributed by atoms with Gasteiger partial charge in [-0.25, -0.2) is 0 Å². The van der Waals surface area contributed by atoms with E-state index in [9.17, 15) is 0 Å². The first-order valence-corrected chi connectivity index (χ1v) is 12.1. The average Bonchev–Trinajstić information content (AvgIpc) is 3.66. The van der Waals surface area contributed by atoms with Crippen molar-refractivity contribution in [3.8, 4) is 11.5 Å². The van der Waals surface area contributed by atoms with Gasteiger partial charge in [0.05, 0.1) is 6.26 Å². The van der Waals surface area contributed by atoms with Gasteiger partial charge in [0, 0.05) is 56.9 Å². The molecule has 3 N–H and O–H groups in total. The zero-order valence-electron chi connectivity index (χ0n) is 20.1. The van der Waals surface area contributed by atoms with E-state index in [-0.39, 0.29) is 0 Å². The zero-order valence-corrected chi connectivity index (χ0v) is 20.1. The summed E-state index contributed by atoms with van der Waals surface area (Å²) in [4.78, 5) is 22.7. The standard InChI is InChI=1S/C26H26N10O/c1-2-5-19(6-3-1)18-28-24-30-25(29-23-17-21(33-34-23)22-7-4-16-37-22)32-26(31-24)36-14-12-35(13-15-36)20-8-10-27-11-9-20/h1-11,16-17H,12-15,18H2,(H3,28,29,30,31,32,33,34). The molecule has 0 amide bonds. The van der Waals surface area contributed by atoms with E-state index < -0.39 is 0 Å². The van der Waals surface area contributed by atoms with E-state index in [1.807, 2.05) is 60.9 Å². The van der Waals surface area contributed by atoms with Crippen molar-refractivity contribution in [2.75, 3.05) is 46.6 Å². The van der Waals surface area contributed by atoms with Gasteiger partial charge in [0.25, 0.3) is 0 Å². The molecule has 1 saturated heterocycles. The summed E-state index contributed by atoms with van der Waals surface area (Å²) in [5, 5.41) is 13.9. The number of aromatic nitrogens is 6. The number of furan rings is 1. The highest BCUT2D eigenvalue weighted by molar-refractivity contribution is 5.61. The first kappa shape index (κ1) is 22.5. The van der Waals surface area contributed by atoms with E-state index in [0.717, 1.165) is 37.4 Å². The molecule has 37 heavy (non-hydrogen) atoms. The summed E-state index contributed by atoms with van der Waals surface area (Å²) in [6, 6.07) is 19.8. The molecule has 1 fully saturated rings. The maximum Gasteiger partial charge on any atom is 0.235 e. The van der Waals surface area contributed by atoms with Gasteiger partial charge in [-0.05, 0) is 29.8 Å². The topological polar surface area (TPSA) is 124 Å². The molecule has 186 valence electrons. The SMILES string of the molecule is c1ccc(CNc2nc(Nc3cc(-c4ccco4)[nH]n3)nc(N3CCN(c4ccncc4)CC3)n2)cc1. The van der Waals surface area contributed by atoms with Crippen molar-refractivity contribution in [2.24, 2.45) is 0 Å². The Bertz CT molecular complexity index is 1410. The van der Waals surface area contributed by atoms with Gasteiger partial charge in [0.2, 0.25) is 17.8 Å². The fourth-order valence-corrected chi connectivity index (χ4v) is 4.20. The van der Waals surface area contributed by atoms with E-state index in [1.165, 1.54) is 5.69 Å². The number of anilines is 5. The Hall–Kier alpha value is -4.93. The Kier molecular flexibility index (Phi) is 6.31. The molecule has 1 aliphatic heterocycles. The molecule has 0 radical (unpaired) electrons. The van der Waals surface area contributed by atoms with Gasteiger partial charge >= 0.3 is 0 Å². The Morgan fingerprint density at radius 1 is 0.838 bits per heavy atom. The molecular formula is C26H26N10O. The number of pyridine rings is 1. The number of benzene rings is 1. The third-order valence-corrected chi connectivity index (χ3v) is 6.11. The van der Waals surface area contributed by atoms with E-state index in [0.29, 0.717) is 36.0 Å². The predicted octanol–water partition coefficient (Wildman–Crippen LogP) is 3.93. The third-order valence-electron chi connectivity index (χ3n) is 6.11. The molecule has 1 aliphatic rings. The summed E-state index contributed by atoms with van der Waals surface area (Å²) < 4.78 is 5.45. The zero-order chi connectivity index (χ0) is 24.9. The number of piperazine rings is 1. The van der Waals surface area contributed by atoms with Crippen LogP contribution in [0.15, 0.2) is 83.7 Å². The molecule has 6 rings (SSSR count). The van der Waals surface area contributed by atoms with Crippen LogP contribution >= 0.6 is 0 Å². The average molecular weight is 495 g/mol. The van der Waals surface area contributed by atoms with Gasteiger partial charge in [-0.3, -0.25) is 10.1 Å². The molecule has 4 aromatic heterocycles. The van der Waals surface area contributed by atoms with E-state index >= 15 is 0 Å². The first-order chi connectivity index (χ1) is 18.3. The predicted molar refractivity (Wildman–Crippen MR) is 142 cm³/mol. The van der Waals surface area contributed by atoms with Crippen LogP contribution in [0.3, 0.4) is 0 Å². The smallest absolute Gasteiger partial charge is 0.235 e. The Labute approximate surface area is 213 Å². The molecule has 0 bridgehead atoms. The van der Waals surface area contributed by atoms with E-state index in [2.05, 4.69) is 52.7 Å². The van der Waals surface area contributed by atoms with Gasteiger partial charge < -0.3 is 24.9 Å². The maximum atomic E-state index is 5.45. The lowest BCUT2D eigenvalue weighted by molar-refractivity contribution is 0.580. The van der Waals surface area contributed by atoms with E-state index in [4.69, 9.17) is 14.4 Å². The molecule has 11 heteroatoms. The van der Waals surface area contributed by atoms with Crippen LogP contribution in [0.4, 0.5) is 29.4 Å². The second kappa shape index (κ2) is 10.4. The van der Waals surface area contributed by atoms with Crippen LogP contribution < -0.4 is 20.4 Å². The highest BCUT2D eigenvalue weighted by atomic mass is 16.3. The van der Waals surface area contributed by atoms with Gasteiger partial charge in [-0.1, -0.05) is 30.3 Å². The van der Waals surface area contributed by atoms with Gasteiger partial charge in [0.1, 0.15) is 5.69 Å². The molecule has 0 spiro atoms. The molecule has 5 heterocycles. The maximum absolute atomic E-state index is 5.45. The monoisotopic (exact) mass is 494 g/mol. The summed E-state index contributed by atoms with van der Waals surface area (Å²) in [5.41, 5.74) is 3.07. The van der Waals surface area contributed by atoms with Crippen molar-refractivity contribution < 1.29 is 4.42 Å². The minimum atomic E-state index is 0.412. The second-order valence-electron chi connectivity index (χ2n) is 8.57. The third kappa shape index (κ3) is 5.35. The van der Waals surface area contributed by atoms with Crippen LogP contribution in [-0.2, 0) is 6.54 Å². The highest BCUT2D eigenvalue weighted by Crippen LogP contribution is 2.24. The molecule has 0 aliphatic carbocycles. The largest absolute Gasteiger partial charge is 0.463 e. The number of hydrogen-bond donors (Lipinski definition) is 3. The lowest BCUT2D eigenvalue weighted by Gasteiger charge is -2.36. The molecule has 1 aromatic carbocycles. The van der Waals surface area contributed by atoms with Crippen molar-refractivity contribution in [3.05, 3.63) is 84.9 Å².